The molecule has 0 atom stereocenters. The van der Waals surface area contributed by atoms with Crippen LogP contribution in [-0.4, -0.2) is 13.2 Å². The molecule has 0 aliphatic rings. The number of aryl methyl sites for hydroxylation is 4. The average Bonchev–Trinajstić information content (AvgIpc) is 2.90. The maximum absolute atomic E-state index is 6.24. The van der Waals surface area contributed by atoms with Crippen LogP contribution in [0.4, 0.5) is 0 Å². The summed E-state index contributed by atoms with van der Waals surface area (Å²) in [7, 11) is 0. The maximum atomic E-state index is 6.24. The quantitative estimate of drug-likeness (QED) is 0.195. The SMILES string of the molecule is CCc1cc(-c2ccc(C)cc2)c(C)cc1OCCCOc1cccc(Oc2ccccc2C)c1CC. The Bertz CT molecular complexity index is 1320. The molecule has 0 unspecified atom stereocenters. The van der Waals surface area contributed by atoms with Gasteiger partial charge in [0.05, 0.1) is 13.2 Å². The summed E-state index contributed by atoms with van der Waals surface area (Å²) in [5, 5.41) is 0. The number of benzene rings is 4. The molecule has 0 bridgehead atoms. The lowest BCUT2D eigenvalue weighted by atomic mass is 9.96. The van der Waals surface area contributed by atoms with Crippen LogP contribution in [0.5, 0.6) is 23.0 Å². The van der Waals surface area contributed by atoms with Crippen molar-refractivity contribution in [1.82, 2.24) is 0 Å². The fourth-order valence-electron chi connectivity index (χ4n) is 4.52. The van der Waals surface area contributed by atoms with Crippen molar-refractivity contribution in [1.29, 1.82) is 0 Å². The average molecular weight is 495 g/mol. The number of hydrogen-bond donors (Lipinski definition) is 0. The first-order valence-electron chi connectivity index (χ1n) is 13.3. The Morgan fingerprint density at radius 3 is 1.97 bits per heavy atom. The molecule has 0 fully saturated rings. The van der Waals surface area contributed by atoms with Crippen molar-refractivity contribution in [2.24, 2.45) is 0 Å². The smallest absolute Gasteiger partial charge is 0.134 e. The Balaban J connectivity index is 1.36. The van der Waals surface area contributed by atoms with Gasteiger partial charge in [0.2, 0.25) is 0 Å². The zero-order valence-corrected chi connectivity index (χ0v) is 22.8. The molecule has 0 saturated carbocycles. The lowest BCUT2D eigenvalue weighted by molar-refractivity contribution is 0.244. The first-order chi connectivity index (χ1) is 18.0. The van der Waals surface area contributed by atoms with Crippen LogP contribution >= 0.6 is 0 Å². The molecular formula is C34H38O3. The molecule has 4 aromatic rings. The van der Waals surface area contributed by atoms with Crippen molar-refractivity contribution in [3.8, 4) is 34.1 Å². The van der Waals surface area contributed by atoms with Gasteiger partial charge in [-0.05, 0) is 91.8 Å². The van der Waals surface area contributed by atoms with E-state index in [4.69, 9.17) is 14.2 Å². The molecule has 4 rings (SSSR count). The van der Waals surface area contributed by atoms with Crippen LogP contribution in [0, 0.1) is 20.8 Å². The standard InChI is InChI=1S/C34H38O3/c1-6-27-23-30(28-18-16-24(3)17-19-28)26(5)22-34(27)36-21-11-20-35-32-14-10-15-33(29(32)7-2)37-31-13-9-8-12-25(31)4/h8-10,12-19,22-23H,6-7,11,20-21H2,1-5H3. The van der Waals surface area contributed by atoms with E-state index in [1.165, 1.54) is 27.8 Å². The Labute approximate surface area is 222 Å². The van der Waals surface area contributed by atoms with Crippen molar-refractivity contribution >= 4 is 0 Å². The predicted octanol–water partition coefficient (Wildman–Crippen LogP) is 9.04. The largest absolute Gasteiger partial charge is 0.493 e. The highest BCUT2D eigenvalue weighted by molar-refractivity contribution is 5.70. The molecule has 0 spiro atoms. The zero-order chi connectivity index (χ0) is 26.2. The molecule has 37 heavy (non-hydrogen) atoms. The fraction of sp³-hybridized carbons (Fsp3) is 0.294. The van der Waals surface area contributed by atoms with Gasteiger partial charge in [0.15, 0.2) is 0 Å². The van der Waals surface area contributed by atoms with E-state index >= 15 is 0 Å². The number of rotatable bonds is 11. The van der Waals surface area contributed by atoms with Gasteiger partial charge in [0, 0.05) is 12.0 Å². The van der Waals surface area contributed by atoms with Crippen LogP contribution in [0.15, 0.2) is 78.9 Å². The molecule has 0 saturated heterocycles. The van der Waals surface area contributed by atoms with E-state index in [1.807, 2.05) is 36.4 Å². The van der Waals surface area contributed by atoms with Crippen molar-refractivity contribution in [3.63, 3.8) is 0 Å². The van der Waals surface area contributed by atoms with Gasteiger partial charge >= 0.3 is 0 Å². The molecule has 3 nitrogen and oxygen atoms in total. The molecule has 4 aromatic carbocycles. The molecule has 0 amide bonds. The van der Waals surface area contributed by atoms with E-state index in [2.05, 4.69) is 77.1 Å². The highest BCUT2D eigenvalue weighted by Crippen LogP contribution is 2.34. The van der Waals surface area contributed by atoms with Crippen LogP contribution in [0.1, 0.15) is 48.1 Å². The second-order valence-corrected chi connectivity index (χ2v) is 9.50. The summed E-state index contributed by atoms with van der Waals surface area (Å²) < 4.78 is 18.6. The second kappa shape index (κ2) is 12.5. The van der Waals surface area contributed by atoms with Gasteiger partial charge in [-0.15, -0.1) is 0 Å². The molecule has 0 radical (unpaired) electrons. The van der Waals surface area contributed by atoms with E-state index in [-0.39, 0.29) is 0 Å². The molecule has 192 valence electrons. The topological polar surface area (TPSA) is 27.7 Å². The summed E-state index contributed by atoms with van der Waals surface area (Å²) in [5.41, 5.74) is 8.45. The van der Waals surface area contributed by atoms with Crippen molar-refractivity contribution in [2.75, 3.05) is 13.2 Å². The van der Waals surface area contributed by atoms with Gasteiger partial charge in [-0.25, -0.2) is 0 Å². The van der Waals surface area contributed by atoms with Gasteiger partial charge in [-0.3, -0.25) is 0 Å². The lowest BCUT2D eigenvalue weighted by Crippen LogP contribution is -2.07. The minimum atomic E-state index is 0.586. The molecule has 0 aromatic heterocycles. The summed E-state index contributed by atoms with van der Waals surface area (Å²) >= 11 is 0. The summed E-state index contributed by atoms with van der Waals surface area (Å²) in [5.74, 6) is 3.57. The van der Waals surface area contributed by atoms with Gasteiger partial charge < -0.3 is 14.2 Å². The van der Waals surface area contributed by atoms with Crippen molar-refractivity contribution in [3.05, 3.63) is 107 Å². The highest BCUT2D eigenvalue weighted by atomic mass is 16.5. The third-order valence-corrected chi connectivity index (χ3v) is 6.71. The molecular weight excluding hydrogens is 456 g/mol. The van der Waals surface area contributed by atoms with Crippen LogP contribution in [-0.2, 0) is 12.8 Å². The zero-order valence-electron chi connectivity index (χ0n) is 22.8. The molecule has 0 N–H and O–H groups in total. The van der Waals surface area contributed by atoms with Crippen LogP contribution in [0.25, 0.3) is 11.1 Å². The van der Waals surface area contributed by atoms with Crippen LogP contribution in [0.3, 0.4) is 0 Å². The summed E-state index contributed by atoms with van der Waals surface area (Å²) in [6.07, 6.45) is 2.56. The Kier molecular flexibility index (Phi) is 8.90. The Morgan fingerprint density at radius 1 is 0.595 bits per heavy atom. The van der Waals surface area contributed by atoms with Gasteiger partial charge in [-0.2, -0.15) is 0 Å². The monoisotopic (exact) mass is 494 g/mol. The van der Waals surface area contributed by atoms with Crippen molar-refractivity contribution in [2.45, 2.75) is 53.9 Å². The number of para-hydroxylation sites is 1. The summed E-state index contributed by atoms with van der Waals surface area (Å²) in [6, 6.07) is 27.3. The first-order valence-corrected chi connectivity index (χ1v) is 13.3. The van der Waals surface area contributed by atoms with E-state index in [1.54, 1.807) is 0 Å². The van der Waals surface area contributed by atoms with E-state index in [0.29, 0.717) is 13.2 Å². The molecule has 0 heterocycles. The van der Waals surface area contributed by atoms with Gasteiger partial charge in [0.25, 0.3) is 0 Å². The third-order valence-electron chi connectivity index (χ3n) is 6.71. The second-order valence-electron chi connectivity index (χ2n) is 9.50. The predicted molar refractivity (Wildman–Crippen MR) is 153 cm³/mol. The maximum Gasteiger partial charge on any atom is 0.134 e. The minimum absolute atomic E-state index is 0.586. The van der Waals surface area contributed by atoms with Gasteiger partial charge in [0.1, 0.15) is 23.0 Å². The first kappa shape index (κ1) is 26.3. The summed E-state index contributed by atoms with van der Waals surface area (Å²) in [4.78, 5) is 0. The van der Waals surface area contributed by atoms with E-state index in [0.717, 1.165) is 53.4 Å². The third kappa shape index (κ3) is 6.54. The van der Waals surface area contributed by atoms with Crippen LogP contribution < -0.4 is 14.2 Å². The van der Waals surface area contributed by atoms with Gasteiger partial charge in [-0.1, -0.05) is 67.9 Å². The lowest BCUT2D eigenvalue weighted by Gasteiger charge is -2.17. The van der Waals surface area contributed by atoms with E-state index < -0.39 is 0 Å². The minimum Gasteiger partial charge on any atom is -0.493 e. The molecule has 0 aliphatic heterocycles. The van der Waals surface area contributed by atoms with Crippen LogP contribution in [0.2, 0.25) is 0 Å². The molecule has 0 aliphatic carbocycles. The summed E-state index contributed by atoms with van der Waals surface area (Å²) in [6.45, 7) is 11.8. The normalized spacial score (nSPS) is 10.8. The number of ether oxygens (including phenoxy) is 3. The number of hydrogen-bond acceptors (Lipinski definition) is 3. The Morgan fingerprint density at radius 2 is 1.27 bits per heavy atom. The highest BCUT2D eigenvalue weighted by Gasteiger charge is 2.12. The van der Waals surface area contributed by atoms with E-state index in [9.17, 15) is 0 Å². The molecule has 3 heteroatoms. The Hall–Kier alpha value is -3.72. The fourth-order valence-corrected chi connectivity index (χ4v) is 4.52. The van der Waals surface area contributed by atoms with Crippen molar-refractivity contribution < 1.29 is 14.2 Å².